The van der Waals surface area contributed by atoms with Crippen molar-refractivity contribution in [1.29, 1.82) is 0 Å². The molecule has 0 radical (unpaired) electrons. The predicted molar refractivity (Wildman–Crippen MR) is 81.0 cm³/mol. The van der Waals surface area contributed by atoms with Crippen LogP contribution in [-0.4, -0.2) is 41.1 Å². The number of carbonyl (C=O) groups excluding carboxylic acids is 1. The number of halogens is 1. The normalized spacial score (nSPS) is 17.9. The summed E-state index contributed by atoms with van der Waals surface area (Å²) in [6, 6.07) is 5.44. The Balaban J connectivity index is 1.87. The van der Waals surface area contributed by atoms with Gasteiger partial charge in [-0.15, -0.1) is 0 Å². The first kappa shape index (κ1) is 15.3. The van der Waals surface area contributed by atoms with E-state index in [4.69, 9.17) is 11.6 Å². The van der Waals surface area contributed by atoms with Gasteiger partial charge in [-0.1, -0.05) is 31.5 Å². The lowest BCUT2D eigenvalue weighted by atomic mass is 9.83. The fourth-order valence-electron chi connectivity index (χ4n) is 2.34. The van der Waals surface area contributed by atoms with Gasteiger partial charge in [0.1, 0.15) is 0 Å². The highest BCUT2D eigenvalue weighted by molar-refractivity contribution is 6.31. The van der Waals surface area contributed by atoms with Crippen LogP contribution in [0.4, 0.5) is 5.69 Å². The first-order valence-electron chi connectivity index (χ1n) is 6.81. The Bertz CT molecular complexity index is 511. The van der Waals surface area contributed by atoms with Crippen LogP contribution in [0.25, 0.3) is 0 Å². The van der Waals surface area contributed by atoms with Crippen molar-refractivity contribution in [2.45, 2.75) is 26.4 Å². The number of nitrogens with zero attached hydrogens (tertiary/aromatic N) is 1. The van der Waals surface area contributed by atoms with Crippen molar-refractivity contribution in [2.24, 2.45) is 5.92 Å². The first-order valence-corrected chi connectivity index (χ1v) is 7.19. The van der Waals surface area contributed by atoms with Crippen LogP contribution in [0.15, 0.2) is 18.2 Å². The fourth-order valence-corrected chi connectivity index (χ4v) is 2.52. The van der Waals surface area contributed by atoms with Crippen molar-refractivity contribution in [3.63, 3.8) is 0 Å². The zero-order chi connectivity index (χ0) is 14.9. The third kappa shape index (κ3) is 3.14. The Labute approximate surface area is 124 Å². The summed E-state index contributed by atoms with van der Waals surface area (Å²) in [5, 5.41) is 13.6. The van der Waals surface area contributed by atoms with E-state index in [1.165, 1.54) is 0 Å². The number of nitrogens with one attached hydrogen (secondary N) is 1. The van der Waals surface area contributed by atoms with Crippen molar-refractivity contribution in [1.82, 2.24) is 4.90 Å². The molecule has 1 amide bonds. The van der Waals surface area contributed by atoms with Crippen LogP contribution in [0.2, 0.25) is 5.02 Å². The van der Waals surface area contributed by atoms with Crippen LogP contribution in [0.1, 0.15) is 19.4 Å². The summed E-state index contributed by atoms with van der Waals surface area (Å²) in [5.41, 5.74) is 0.957. The molecule has 0 aromatic heterocycles. The first-order chi connectivity index (χ1) is 9.32. The molecule has 2 N–H and O–H groups in total. The van der Waals surface area contributed by atoms with E-state index in [1.54, 1.807) is 6.07 Å². The minimum Gasteiger partial charge on any atom is -0.387 e. The van der Waals surface area contributed by atoms with Crippen LogP contribution in [0.3, 0.4) is 0 Å². The number of amides is 1. The molecule has 5 heteroatoms. The number of anilines is 1. The molecule has 1 aromatic carbocycles. The van der Waals surface area contributed by atoms with Gasteiger partial charge < -0.3 is 10.4 Å². The van der Waals surface area contributed by atoms with Crippen LogP contribution >= 0.6 is 11.6 Å². The number of hydrogen-bond donors (Lipinski definition) is 2. The second kappa shape index (κ2) is 5.72. The Morgan fingerprint density at radius 3 is 2.75 bits per heavy atom. The molecule has 1 saturated heterocycles. The molecule has 0 bridgehead atoms. The molecule has 1 aromatic rings. The molecule has 2 rings (SSSR count). The van der Waals surface area contributed by atoms with E-state index in [2.05, 4.69) is 5.32 Å². The Morgan fingerprint density at radius 1 is 1.50 bits per heavy atom. The van der Waals surface area contributed by atoms with E-state index in [1.807, 2.05) is 37.8 Å². The lowest BCUT2D eigenvalue weighted by Gasteiger charge is -2.48. The quantitative estimate of drug-likeness (QED) is 0.896. The highest BCUT2D eigenvalue weighted by atomic mass is 35.5. The Kier molecular flexibility index (Phi) is 4.37. The topological polar surface area (TPSA) is 52.6 Å². The predicted octanol–water partition coefficient (Wildman–Crippen LogP) is 2.29. The minimum atomic E-state index is -0.647. The van der Waals surface area contributed by atoms with Gasteiger partial charge in [-0.25, -0.2) is 0 Å². The number of likely N-dealkylation sites (tertiary alicyclic amines) is 1. The molecule has 1 fully saturated rings. The number of carbonyl (C=O) groups is 1. The number of aliphatic hydroxyl groups is 1. The average molecular weight is 297 g/mol. The van der Waals surface area contributed by atoms with Gasteiger partial charge in [-0.05, 0) is 30.5 Å². The van der Waals surface area contributed by atoms with Crippen LogP contribution in [0, 0.1) is 12.8 Å². The molecule has 0 saturated carbocycles. The molecule has 20 heavy (non-hydrogen) atoms. The van der Waals surface area contributed by atoms with E-state index in [-0.39, 0.29) is 11.8 Å². The number of β-amino-alcohol motifs (C(OH)–C–C–N with tert-alkyl or cyclic N) is 1. The van der Waals surface area contributed by atoms with Crippen molar-refractivity contribution in [3.8, 4) is 0 Å². The Morgan fingerprint density at radius 2 is 2.15 bits per heavy atom. The summed E-state index contributed by atoms with van der Waals surface area (Å²) in [5.74, 6) is 0.123. The molecule has 0 spiro atoms. The van der Waals surface area contributed by atoms with Crippen LogP contribution < -0.4 is 5.32 Å². The molecular formula is C15H21ClN2O2. The van der Waals surface area contributed by atoms with Gasteiger partial charge in [0.15, 0.2) is 0 Å². The zero-order valence-electron chi connectivity index (χ0n) is 12.1. The van der Waals surface area contributed by atoms with Crippen molar-refractivity contribution < 1.29 is 9.90 Å². The largest absolute Gasteiger partial charge is 0.387 e. The second-order valence-corrected chi connectivity index (χ2v) is 6.27. The molecule has 0 aliphatic carbocycles. The maximum atomic E-state index is 12.0. The van der Waals surface area contributed by atoms with Gasteiger partial charge in [0.05, 0.1) is 12.1 Å². The molecule has 1 aliphatic heterocycles. The van der Waals surface area contributed by atoms with Gasteiger partial charge in [0.25, 0.3) is 0 Å². The SMILES string of the molecule is Cc1c(Cl)cccc1NC(=O)CN1CC(O)(C(C)C)C1. The molecule has 1 heterocycles. The summed E-state index contributed by atoms with van der Waals surface area (Å²) in [4.78, 5) is 13.9. The molecule has 1 aliphatic rings. The van der Waals surface area contributed by atoms with Gasteiger partial charge in [0, 0.05) is 23.8 Å². The Hall–Kier alpha value is -1.10. The highest BCUT2D eigenvalue weighted by Crippen LogP contribution is 2.28. The standard InChI is InChI=1S/C15H21ClN2O2/c1-10(2)15(20)8-18(9-15)7-14(19)17-13-6-4-5-12(16)11(13)3/h4-6,10,20H,7-9H2,1-3H3,(H,17,19). The molecule has 4 nitrogen and oxygen atoms in total. The number of benzene rings is 1. The van der Waals surface area contributed by atoms with Gasteiger partial charge >= 0.3 is 0 Å². The second-order valence-electron chi connectivity index (χ2n) is 5.86. The lowest BCUT2D eigenvalue weighted by Crippen LogP contribution is -2.65. The third-order valence-electron chi connectivity index (χ3n) is 3.98. The van der Waals surface area contributed by atoms with Crippen molar-refractivity contribution in [2.75, 3.05) is 25.0 Å². The molecule has 0 atom stereocenters. The summed E-state index contributed by atoms with van der Waals surface area (Å²) < 4.78 is 0. The van der Waals surface area contributed by atoms with E-state index in [0.29, 0.717) is 24.7 Å². The highest BCUT2D eigenvalue weighted by Gasteiger charge is 2.43. The molecular weight excluding hydrogens is 276 g/mol. The number of hydrogen-bond acceptors (Lipinski definition) is 3. The third-order valence-corrected chi connectivity index (χ3v) is 4.39. The van der Waals surface area contributed by atoms with Gasteiger partial charge in [-0.3, -0.25) is 9.69 Å². The minimum absolute atomic E-state index is 0.0822. The number of rotatable bonds is 4. The van der Waals surface area contributed by atoms with Crippen LogP contribution in [-0.2, 0) is 4.79 Å². The van der Waals surface area contributed by atoms with E-state index in [9.17, 15) is 9.90 Å². The van der Waals surface area contributed by atoms with Gasteiger partial charge in [0.2, 0.25) is 5.91 Å². The molecule has 0 unspecified atom stereocenters. The van der Waals surface area contributed by atoms with E-state index in [0.717, 1.165) is 11.3 Å². The smallest absolute Gasteiger partial charge is 0.238 e. The summed E-state index contributed by atoms with van der Waals surface area (Å²) in [7, 11) is 0. The van der Waals surface area contributed by atoms with Gasteiger partial charge in [-0.2, -0.15) is 0 Å². The van der Waals surface area contributed by atoms with E-state index >= 15 is 0 Å². The average Bonchev–Trinajstić information content (AvgIpc) is 2.32. The van der Waals surface area contributed by atoms with Crippen LogP contribution in [0.5, 0.6) is 0 Å². The fraction of sp³-hybridized carbons (Fsp3) is 0.533. The summed E-state index contributed by atoms with van der Waals surface area (Å²) >= 11 is 6.02. The monoisotopic (exact) mass is 296 g/mol. The van der Waals surface area contributed by atoms with E-state index < -0.39 is 5.60 Å². The summed E-state index contributed by atoms with van der Waals surface area (Å²) in [6.07, 6.45) is 0. The zero-order valence-corrected chi connectivity index (χ0v) is 12.9. The molecule has 110 valence electrons. The van der Waals surface area contributed by atoms with Crippen molar-refractivity contribution in [3.05, 3.63) is 28.8 Å². The maximum absolute atomic E-state index is 12.0. The summed E-state index contributed by atoms with van der Waals surface area (Å²) in [6.45, 7) is 7.25. The lowest BCUT2D eigenvalue weighted by molar-refractivity contribution is -0.139. The van der Waals surface area contributed by atoms with Crippen molar-refractivity contribution >= 4 is 23.2 Å². The maximum Gasteiger partial charge on any atom is 0.238 e.